The Hall–Kier alpha value is -2.75. The van der Waals surface area contributed by atoms with E-state index >= 15 is 0 Å². The highest BCUT2D eigenvalue weighted by Crippen LogP contribution is 2.21. The summed E-state index contributed by atoms with van der Waals surface area (Å²) in [7, 11) is 0. The molecule has 0 radical (unpaired) electrons. The quantitative estimate of drug-likeness (QED) is 0.752. The van der Waals surface area contributed by atoms with E-state index in [1.54, 1.807) is 12.1 Å². The van der Waals surface area contributed by atoms with Crippen LogP contribution in [-0.4, -0.2) is 5.16 Å². The zero-order valence-corrected chi connectivity index (χ0v) is 10.1. The van der Waals surface area contributed by atoms with Gasteiger partial charge in [0, 0.05) is 5.56 Å². The zero-order chi connectivity index (χ0) is 13.2. The number of furan rings is 1. The first-order valence-electron chi connectivity index (χ1n) is 5.77. The summed E-state index contributed by atoms with van der Waals surface area (Å²) in [6.07, 6.45) is 1.61. The van der Waals surface area contributed by atoms with E-state index in [1.165, 1.54) is 0 Å². The van der Waals surface area contributed by atoms with Crippen molar-refractivity contribution < 1.29 is 8.94 Å². The van der Waals surface area contributed by atoms with Crippen LogP contribution in [0.3, 0.4) is 0 Å². The Morgan fingerprint density at radius 1 is 1.11 bits per heavy atom. The lowest BCUT2D eigenvalue weighted by Gasteiger charge is -1.94. The van der Waals surface area contributed by atoms with Crippen LogP contribution in [0.15, 0.2) is 56.2 Å². The van der Waals surface area contributed by atoms with Gasteiger partial charge in [0.2, 0.25) is 0 Å². The largest absolute Gasteiger partial charge is 0.457 e. The van der Waals surface area contributed by atoms with Gasteiger partial charge < -0.3 is 8.94 Å². The van der Waals surface area contributed by atoms with E-state index in [9.17, 15) is 4.79 Å². The first-order valence-corrected chi connectivity index (χ1v) is 5.77. The van der Waals surface area contributed by atoms with Crippen LogP contribution in [0.4, 0.5) is 0 Å². The number of aromatic nitrogens is 1. The average molecular weight is 253 g/mol. The summed E-state index contributed by atoms with van der Waals surface area (Å²) >= 11 is 0. The van der Waals surface area contributed by atoms with Gasteiger partial charge in [0.25, 0.3) is 0 Å². The fourth-order valence-electron chi connectivity index (χ4n) is 1.82. The fourth-order valence-corrected chi connectivity index (χ4v) is 1.82. The molecular weight excluding hydrogens is 242 g/mol. The first kappa shape index (κ1) is 11.3. The van der Waals surface area contributed by atoms with Crippen LogP contribution in [-0.2, 0) is 0 Å². The Labute approximate surface area is 108 Å². The highest BCUT2D eigenvalue weighted by Gasteiger charge is 2.03. The number of nitrogens with one attached hydrogen (secondary N) is 1. The number of rotatable bonds is 2. The molecule has 0 atom stereocenters. The molecule has 4 nitrogen and oxygen atoms in total. The summed E-state index contributed by atoms with van der Waals surface area (Å²) < 4.78 is 10.3. The van der Waals surface area contributed by atoms with Crippen molar-refractivity contribution in [1.29, 1.82) is 0 Å². The second-order valence-corrected chi connectivity index (χ2v) is 4.10. The molecule has 3 aromatic rings. The first-order chi connectivity index (χ1) is 9.24. The van der Waals surface area contributed by atoms with Crippen LogP contribution < -0.4 is 16.2 Å². The number of aromatic amines is 1. The molecule has 0 spiro atoms. The van der Waals surface area contributed by atoms with Crippen molar-refractivity contribution in [3.63, 3.8) is 0 Å². The van der Waals surface area contributed by atoms with Crippen LogP contribution in [0.2, 0.25) is 0 Å². The lowest BCUT2D eigenvalue weighted by Crippen LogP contribution is -2.31. The van der Waals surface area contributed by atoms with Gasteiger partial charge in [0.05, 0.1) is 10.6 Å². The van der Waals surface area contributed by atoms with Crippen LogP contribution in [0.5, 0.6) is 0 Å². The topological polar surface area (TPSA) is 59.1 Å². The van der Waals surface area contributed by atoms with Gasteiger partial charge in [-0.25, -0.2) is 9.95 Å². The maximum absolute atomic E-state index is 11.4. The van der Waals surface area contributed by atoms with E-state index in [0.29, 0.717) is 16.3 Å². The molecule has 94 valence electrons. The molecule has 1 aromatic carbocycles. The summed E-state index contributed by atoms with van der Waals surface area (Å²) in [5, 5.41) is 3.23. The molecule has 0 bridgehead atoms. The van der Waals surface area contributed by atoms with Crippen molar-refractivity contribution >= 4 is 12.7 Å². The van der Waals surface area contributed by atoms with Crippen LogP contribution in [0, 0.1) is 0 Å². The zero-order valence-electron chi connectivity index (χ0n) is 10.1. The van der Waals surface area contributed by atoms with Gasteiger partial charge in [-0.05, 0) is 18.2 Å². The maximum Gasteiger partial charge on any atom is 0.365 e. The molecule has 3 rings (SSSR count). The van der Waals surface area contributed by atoms with Crippen molar-refractivity contribution in [3.8, 4) is 11.3 Å². The van der Waals surface area contributed by atoms with E-state index in [1.807, 2.05) is 36.4 Å². The minimum Gasteiger partial charge on any atom is -0.457 e. The summed E-state index contributed by atoms with van der Waals surface area (Å²) in [5.74, 6) is 1.33. The third-order valence-electron chi connectivity index (χ3n) is 2.78. The van der Waals surface area contributed by atoms with Crippen molar-refractivity contribution in [2.45, 2.75) is 0 Å². The molecule has 0 saturated carbocycles. The third-order valence-corrected chi connectivity index (χ3v) is 2.78. The predicted molar refractivity (Wildman–Crippen MR) is 71.8 cm³/mol. The molecule has 0 amide bonds. The number of benzene rings is 1. The smallest absolute Gasteiger partial charge is 0.365 e. The SMILES string of the molecule is C=c1[nH]oc(=O)c1=Cc1ccc(-c2ccccc2)o1. The molecule has 2 aromatic heterocycles. The Balaban J connectivity index is 2.07. The molecule has 2 heterocycles. The standard InChI is InChI=1S/C15H11NO3/c1-10-13(15(17)19-16-10)9-12-7-8-14(18-12)11-5-3-2-4-6-11/h2-9,16H,1H2. The van der Waals surface area contributed by atoms with E-state index in [4.69, 9.17) is 4.42 Å². The molecular formula is C15H11NO3. The summed E-state index contributed by atoms with van der Waals surface area (Å²) in [6.45, 7) is 3.68. The second-order valence-electron chi connectivity index (χ2n) is 4.10. The van der Waals surface area contributed by atoms with Gasteiger partial charge in [-0.15, -0.1) is 0 Å². The molecule has 0 fully saturated rings. The van der Waals surface area contributed by atoms with E-state index in [0.717, 1.165) is 11.3 Å². The number of hydrogen-bond acceptors (Lipinski definition) is 3. The van der Waals surface area contributed by atoms with E-state index in [-0.39, 0.29) is 0 Å². The fraction of sp³-hybridized carbons (Fsp3) is 0. The minimum absolute atomic E-state index is 0.369. The summed E-state index contributed by atoms with van der Waals surface area (Å²) in [4.78, 5) is 11.4. The van der Waals surface area contributed by atoms with Gasteiger partial charge in [-0.3, -0.25) is 0 Å². The highest BCUT2D eigenvalue weighted by molar-refractivity contribution is 5.59. The number of hydrogen-bond donors (Lipinski definition) is 1. The summed E-state index contributed by atoms with van der Waals surface area (Å²) in [6, 6.07) is 13.4. The monoisotopic (exact) mass is 253 g/mol. The molecule has 0 aliphatic rings. The Kier molecular flexibility index (Phi) is 2.68. The van der Waals surface area contributed by atoms with Gasteiger partial charge >= 0.3 is 5.63 Å². The Bertz CT molecular complexity index is 822. The molecule has 0 aliphatic carbocycles. The molecule has 1 N–H and O–H groups in total. The Morgan fingerprint density at radius 2 is 1.89 bits per heavy atom. The minimum atomic E-state index is -0.456. The molecule has 0 aliphatic heterocycles. The lowest BCUT2D eigenvalue weighted by atomic mass is 10.2. The second kappa shape index (κ2) is 4.49. The molecule has 0 saturated heterocycles. The normalized spacial score (nSPS) is 11.9. The van der Waals surface area contributed by atoms with Crippen molar-refractivity contribution in [1.82, 2.24) is 5.16 Å². The third kappa shape index (κ3) is 2.15. The van der Waals surface area contributed by atoms with Gasteiger partial charge in [-0.1, -0.05) is 36.9 Å². The van der Waals surface area contributed by atoms with Crippen molar-refractivity contribution in [2.75, 3.05) is 0 Å². The van der Waals surface area contributed by atoms with E-state index < -0.39 is 5.63 Å². The average Bonchev–Trinajstić information content (AvgIpc) is 3.02. The molecule has 0 unspecified atom stereocenters. The lowest BCUT2D eigenvalue weighted by molar-refractivity contribution is 0.386. The maximum atomic E-state index is 11.4. The van der Waals surface area contributed by atoms with Crippen molar-refractivity contribution in [2.24, 2.45) is 0 Å². The summed E-state index contributed by atoms with van der Waals surface area (Å²) in [5.41, 5.74) is 0.528. The van der Waals surface area contributed by atoms with Gasteiger partial charge in [0.1, 0.15) is 11.5 Å². The van der Waals surface area contributed by atoms with Crippen LogP contribution in [0.25, 0.3) is 24.0 Å². The highest BCUT2D eigenvalue weighted by atomic mass is 16.5. The number of H-pyrrole nitrogens is 1. The van der Waals surface area contributed by atoms with Gasteiger partial charge in [-0.2, -0.15) is 0 Å². The van der Waals surface area contributed by atoms with Gasteiger partial charge in [0.15, 0.2) is 0 Å². The van der Waals surface area contributed by atoms with Crippen molar-refractivity contribution in [3.05, 3.63) is 69.2 Å². The molecule has 19 heavy (non-hydrogen) atoms. The predicted octanol–water partition coefficient (Wildman–Crippen LogP) is 1.47. The van der Waals surface area contributed by atoms with E-state index in [2.05, 4.69) is 16.3 Å². The van der Waals surface area contributed by atoms with Crippen LogP contribution >= 0.6 is 0 Å². The molecule has 4 heteroatoms. The Morgan fingerprint density at radius 3 is 2.58 bits per heavy atom. The van der Waals surface area contributed by atoms with Crippen LogP contribution in [0.1, 0.15) is 5.76 Å².